The molecule has 1 aliphatic heterocycles. The van der Waals surface area contributed by atoms with E-state index in [-0.39, 0.29) is 17.0 Å². The third-order valence-corrected chi connectivity index (χ3v) is 4.94. The third kappa shape index (κ3) is 3.99. The van der Waals surface area contributed by atoms with Gasteiger partial charge in [-0.25, -0.2) is 0 Å². The molecule has 0 bridgehead atoms. The number of aromatic amines is 1. The minimum atomic E-state index is -0.320. The molecule has 5 nitrogen and oxygen atoms in total. The van der Waals surface area contributed by atoms with Gasteiger partial charge in [-0.05, 0) is 51.1 Å². The number of rotatable bonds is 3. The van der Waals surface area contributed by atoms with Crippen LogP contribution in [0.15, 0.2) is 47.3 Å². The van der Waals surface area contributed by atoms with Crippen molar-refractivity contribution in [3.05, 3.63) is 58.4 Å². The van der Waals surface area contributed by atoms with E-state index in [1.807, 2.05) is 41.3 Å². The van der Waals surface area contributed by atoms with Crippen molar-refractivity contribution < 1.29 is 4.79 Å². The van der Waals surface area contributed by atoms with Gasteiger partial charge in [0.25, 0.3) is 11.5 Å². The maximum absolute atomic E-state index is 12.8. The molecule has 1 fully saturated rings. The molecule has 0 saturated carbocycles. The topological polar surface area (TPSA) is 56.4 Å². The monoisotopic (exact) mass is 339 g/mol. The van der Waals surface area contributed by atoms with Crippen molar-refractivity contribution in [1.29, 1.82) is 0 Å². The number of carbonyl (C=O) groups excluding carboxylic acids is 1. The lowest BCUT2D eigenvalue weighted by Gasteiger charge is -2.23. The first-order valence-electron chi connectivity index (χ1n) is 8.80. The number of aromatic nitrogens is 1. The Morgan fingerprint density at radius 1 is 1.08 bits per heavy atom. The minimum Gasteiger partial charge on any atom is -0.338 e. The standard InChI is InChI=1S/C20H25N3O2/c1-22(2)16-9-6-13-23(14-12-16)20(25)17-10-11-18(21-19(17)24)15-7-4-3-5-8-15/h3-5,7-8,10-11,16H,6,9,12-14H2,1-2H3,(H,21,24). The van der Waals surface area contributed by atoms with Gasteiger partial charge in [0, 0.05) is 24.8 Å². The SMILES string of the molecule is CN(C)C1CCCN(C(=O)c2ccc(-c3ccccc3)[nH]c2=O)CC1. The third-order valence-electron chi connectivity index (χ3n) is 4.94. The Labute approximate surface area is 148 Å². The molecule has 132 valence electrons. The predicted molar refractivity (Wildman–Crippen MR) is 99.7 cm³/mol. The summed E-state index contributed by atoms with van der Waals surface area (Å²) in [5.74, 6) is -0.166. The number of nitrogens with zero attached hydrogens (tertiary/aromatic N) is 2. The first kappa shape index (κ1) is 17.4. The van der Waals surface area contributed by atoms with Crippen LogP contribution in [0.3, 0.4) is 0 Å². The molecule has 5 heteroatoms. The fraction of sp³-hybridized carbons (Fsp3) is 0.400. The van der Waals surface area contributed by atoms with Gasteiger partial charge in [0.1, 0.15) is 5.56 Å². The van der Waals surface area contributed by atoms with Gasteiger partial charge in [-0.15, -0.1) is 0 Å². The Kier molecular flexibility index (Phi) is 5.34. The number of amides is 1. The van der Waals surface area contributed by atoms with Crippen LogP contribution in [0.4, 0.5) is 0 Å². The van der Waals surface area contributed by atoms with Crippen LogP contribution in [0, 0.1) is 0 Å². The molecule has 3 rings (SSSR count). The Hall–Kier alpha value is -2.40. The van der Waals surface area contributed by atoms with Crippen LogP contribution in [0.1, 0.15) is 29.6 Å². The summed E-state index contributed by atoms with van der Waals surface area (Å²) in [5, 5.41) is 0. The largest absolute Gasteiger partial charge is 0.338 e. The van der Waals surface area contributed by atoms with Gasteiger partial charge in [-0.1, -0.05) is 30.3 Å². The molecule has 1 N–H and O–H groups in total. The zero-order valence-corrected chi connectivity index (χ0v) is 14.9. The van der Waals surface area contributed by atoms with Crippen LogP contribution in [-0.2, 0) is 0 Å². The first-order chi connectivity index (χ1) is 12.1. The zero-order valence-electron chi connectivity index (χ0n) is 14.9. The Bertz CT molecular complexity index is 783. The van der Waals surface area contributed by atoms with Crippen LogP contribution < -0.4 is 5.56 Å². The number of carbonyl (C=O) groups is 1. The Morgan fingerprint density at radius 3 is 2.52 bits per heavy atom. The summed E-state index contributed by atoms with van der Waals surface area (Å²) >= 11 is 0. The lowest BCUT2D eigenvalue weighted by atomic mass is 10.1. The van der Waals surface area contributed by atoms with Gasteiger partial charge in [-0.3, -0.25) is 9.59 Å². The molecule has 1 saturated heterocycles. The molecule has 2 heterocycles. The average molecular weight is 339 g/mol. The van der Waals surface area contributed by atoms with Gasteiger partial charge >= 0.3 is 0 Å². The highest BCUT2D eigenvalue weighted by Crippen LogP contribution is 2.18. The average Bonchev–Trinajstić information content (AvgIpc) is 2.88. The second kappa shape index (κ2) is 7.66. The fourth-order valence-corrected chi connectivity index (χ4v) is 3.40. The highest BCUT2D eigenvalue weighted by atomic mass is 16.2. The van der Waals surface area contributed by atoms with E-state index < -0.39 is 0 Å². The van der Waals surface area contributed by atoms with E-state index in [9.17, 15) is 9.59 Å². The maximum atomic E-state index is 12.8. The number of likely N-dealkylation sites (tertiary alicyclic amines) is 1. The fourth-order valence-electron chi connectivity index (χ4n) is 3.40. The summed E-state index contributed by atoms with van der Waals surface area (Å²) in [6.07, 6.45) is 2.99. The van der Waals surface area contributed by atoms with Crippen molar-refractivity contribution >= 4 is 5.91 Å². The van der Waals surface area contributed by atoms with Crippen LogP contribution >= 0.6 is 0 Å². The second-order valence-electron chi connectivity index (χ2n) is 6.82. The van der Waals surface area contributed by atoms with Gasteiger partial charge in [0.2, 0.25) is 0 Å². The molecule has 0 spiro atoms. The Morgan fingerprint density at radius 2 is 1.84 bits per heavy atom. The molecule has 0 aliphatic carbocycles. The summed E-state index contributed by atoms with van der Waals surface area (Å²) in [4.78, 5) is 32.1. The molecule has 1 atom stereocenters. The van der Waals surface area contributed by atoms with Crippen molar-refractivity contribution in [2.45, 2.75) is 25.3 Å². The van der Waals surface area contributed by atoms with Crippen LogP contribution in [0.5, 0.6) is 0 Å². The van der Waals surface area contributed by atoms with Crippen molar-refractivity contribution in [3.8, 4) is 11.3 Å². The van der Waals surface area contributed by atoms with E-state index in [4.69, 9.17) is 0 Å². The molecule has 25 heavy (non-hydrogen) atoms. The number of nitrogens with one attached hydrogen (secondary N) is 1. The van der Waals surface area contributed by atoms with Crippen LogP contribution in [0.25, 0.3) is 11.3 Å². The van der Waals surface area contributed by atoms with Gasteiger partial charge in [0.15, 0.2) is 0 Å². The number of pyridine rings is 1. The molecule has 1 aromatic carbocycles. The molecule has 2 aromatic rings. The number of H-pyrrole nitrogens is 1. The zero-order chi connectivity index (χ0) is 17.8. The Balaban J connectivity index is 1.77. The molecular formula is C20H25N3O2. The summed E-state index contributed by atoms with van der Waals surface area (Å²) in [5.41, 5.74) is 1.57. The number of benzene rings is 1. The van der Waals surface area contributed by atoms with Gasteiger partial charge in [0.05, 0.1) is 0 Å². The van der Waals surface area contributed by atoms with E-state index in [0.717, 1.165) is 30.5 Å². The van der Waals surface area contributed by atoms with Crippen molar-refractivity contribution in [3.63, 3.8) is 0 Å². The summed E-state index contributed by atoms with van der Waals surface area (Å²) in [6, 6.07) is 13.6. The maximum Gasteiger partial charge on any atom is 0.261 e. The van der Waals surface area contributed by atoms with Crippen LogP contribution in [-0.4, -0.2) is 53.9 Å². The normalized spacial score (nSPS) is 18.2. The van der Waals surface area contributed by atoms with E-state index in [1.54, 1.807) is 6.07 Å². The van der Waals surface area contributed by atoms with E-state index in [1.165, 1.54) is 0 Å². The van der Waals surface area contributed by atoms with Crippen LogP contribution in [0.2, 0.25) is 0 Å². The summed E-state index contributed by atoms with van der Waals surface area (Å²) in [6.45, 7) is 1.41. The highest BCUT2D eigenvalue weighted by Gasteiger charge is 2.24. The minimum absolute atomic E-state index is 0.166. The molecular weight excluding hydrogens is 314 g/mol. The highest BCUT2D eigenvalue weighted by molar-refractivity contribution is 5.94. The second-order valence-corrected chi connectivity index (χ2v) is 6.82. The lowest BCUT2D eigenvalue weighted by Crippen LogP contribution is -2.36. The van der Waals surface area contributed by atoms with Crippen molar-refractivity contribution in [1.82, 2.24) is 14.8 Å². The van der Waals surface area contributed by atoms with E-state index in [2.05, 4.69) is 24.0 Å². The van der Waals surface area contributed by atoms with E-state index >= 15 is 0 Å². The summed E-state index contributed by atoms with van der Waals surface area (Å²) in [7, 11) is 4.16. The lowest BCUT2D eigenvalue weighted by molar-refractivity contribution is 0.0757. The molecule has 1 amide bonds. The number of hydrogen-bond acceptors (Lipinski definition) is 3. The van der Waals surface area contributed by atoms with E-state index in [0.29, 0.717) is 19.1 Å². The molecule has 1 unspecified atom stereocenters. The number of hydrogen-bond donors (Lipinski definition) is 1. The van der Waals surface area contributed by atoms with Crippen molar-refractivity contribution in [2.24, 2.45) is 0 Å². The van der Waals surface area contributed by atoms with Crippen molar-refractivity contribution in [2.75, 3.05) is 27.2 Å². The molecule has 1 aromatic heterocycles. The molecule has 0 radical (unpaired) electrons. The smallest absolute Gasteiger partial charge is 0.261 e. The first-order valence-corrected chi connectivity index (χ1v) is 8.80. The predicted octanol–water partition coefficient (Wildman–Crippen LogP) is 2.60. The quantitative estimate of drug-likeness (QED) is 0.935. The van der Waals surface area contributed by atoms with Gasteiger partial charge < -0.3 is 14.8 Å². The summed E-state index contributed by atoms with van der Waals surface area (Å²) < 4.78 is 0. The molecule has 1 aliphatic rings. The van der Waals surface area contributed by atoms with Gasteiger partial charge in [-0.2, -0.15) is 0 Å².